The maximum atomic E-state index is 4.90. The molecule has 0 aromatic rings. The van der Waals surface area contributed by atoms with Crippen LogP contribution >= 0.6 is 0 Å². The second-order valence-corrected chi connectivity index (χ2v) is 1.95. The fourth-order valence-corrected chi connectivity index (χ4v) is 0.167. The van der Waals surface area contributed by atoms with E-state index in [9.17, 15) is 0 Å². The van der Waals surface area contributed by atoms with Gasteiger partial charge in [0, 0.05) is 7.11 Å². The van der Waals surface area contributed by atoms with Gasteiger partial charge in [-0.1, -0.05) is 6.92 Å². The van der Waals surface area contributed by atoms with Crippen LogP contribution in [-0.2, 0) is 4.74 Å². The molecule has 0 aliphatic heterocycles. The topological polar surface area (TPSA) is 21.3 Å². The van der Waals surface area contributed by atoms with E-state index in [0.29, 0.717) is 6.10 Å². The molecular weight excluding hydrogens is 114 g/mol. The van der Waals surface area contributed by atoms with Crippen molar-refractivity contribution in [3.8, 4) is 0 Å². The molecule has 1 N–H and O–H groups in total. The van der Waals surface area contributed by atoms with Gasteiger partial charge in [0.05, 0.1) is 6.10 Å². The van der Waals surface area contributed by atoms with Crippen LogP contribution in [0.25, 0.3) is 0 Å². The number of ether oxygens (including phenoxy) is 1. The summed E-state index contributed by atoms with van der Waals surface area (Å²) in [6, 6.07) is 0. The molecule has 1 unspecified atom stereocenters. The van der Waals surface area contributed by atoms with Crippen LogP contribution in [0.2, 0.25) is 0 Å². The number of hydrogen-bond donors (Lipinski definition) is 1. The number of methoxy groups -OCH3 is 1. The van der Waals surface area contributed by atoms with Crippen LogP contribution < -0.4 is 5.32 Å². The van der Waals surface area contributed by atoms with Gasteiger partial charge in [0.1, 0.15) is 0 Å². The quantitative estimate of drug-likeness (QED) is 0.612. The molecular formula is C7H19NO. The van der Waals surface area contributed by atoms with Gasteiger partial charge < -0.3 is 10.1 Å². The van der Waals surface area contributed by atoms with E-state index in [1.165, 1.54) is 0 Å². The molecule has 9 heavy (non-hydrogen) atoms. The van der Waals surface area contributed by atoms with Crippen molar-refractivity contribution in [1.29, 1.82) is 0 Å². The van der Waals surface area contributed by atoms with Gasteiger partial charge in [-0.25, -0.2) is 0 Å². The molecule has 1 atom stereocenters. The maximum absolute atomic E-state index is 4.90. The summed E-state index contributed by atoms with van der Waals surface area (Å²) >= 11 is 0. The van der Waals surface area contributed by atoms with Crippen molar-refractivity contribution in [2.45, 2.75) is 26.4 Å². The highest BCUT2D eigenvalue weighted by molar-refractivity contribution is 4.38. The normalized spacial score (nSPS) is 11.7. The minimum absolute atomic E-state index is 0.435. The van der Waals surface area contributed by atoms with Crippen molar-refractivity contribution < 1.29 is 4.74 Å². The SMILES string of the molecule is CCC(C)OC.CNC. The Balaban J connectivity index is 0. The summed E-state index contributed by atoms with van der Waals surface area (Å²) in [5, 5.41) is 2.75. The van der Waals surface area contributed by atoms with E-state index in [1.54, 1.807) is 7.11 Å². The molecule has 0 amide bonds. The van der Waals surface area contributed by atoms with Crippen LogP contribution in [-0.4, -0.2) is 27.3 Å². The molecule has 58 valence electrons. The van der Waals surface area contributed by atoms with Crippen molar-refractivity contribution >= 4 is 0 Å². The minimum atomic E-state index is 0.435. The zero-order valence-corrected chi connectivity index (χ0v) is 7.19. The number of nitrogens with one attached hydrogen (secondary N) is 1. The Kier molecular flexibility index (Phi) is 14.0. The Hall–Kier alpha value is -0.0800. The van der Waals surface area contributed by atoms with Crippen LogP contribution in [0, 0.1) is 0 Å². The Bertz CT molecular complexity index is 35.9. The zero-order chi connectivity index (χ0) is 7.70. The molecule has 2 nitrogen and oxygen atoms in total. The highest BCUT2D eigenvalue weighted by atomic mass is 16.5. The third-order valence-electron chi connectivity index (χ3n) is 0.977. The Morgan fingerprint density at radius 2 is 1.78 bits per heavy atom. The summed E-state index contributed by atoms with van der Waals surface area (Å²) in [6.07, 6.45) is 1.54. The molecule has 0 aromatic carbocycles. The van der Waals surface area contributed by atoms with Crippen LogP contribution in [0.15, 0.2) is 0 Å². The van der Waals surface area contributed by atoms with E-state index < -0.39 is 0 Å². The van der Waals surface area contributed by atoms with Gasteiger partial charge in [0.15, 0.2) is 0 Å². The van der Waals surface area contributed by atoms with Crippen LogP contribution in [0.5, 0.6) is 0 Å². The zero-order valence-electron chi connectivity index (χ0n) is 7.19. The first-order chi connectivity index (χ1) is 4.22. The predicted molar refractivity (Wildman–Crippen MR) is 41.7 cm³/mol. The predicted octanol–water partition coefficient (Wildman–Crippen LogP) is 1.27. The second kappa shape index (κ2) is 10.8. The van der Waals surface area contributed by atoms with Crippen LogP contribution in [0.1, 0.15) is 20.3 Å². The van der Waals surface area contributed by atoms with E-state index in [1.807, 2.05) is 14.1 Å². The molecule has 0 heterocycles. The highest BCUT2D eigenvalue weighted by Crippen LogP contribution is 1.89. The minimum Gasteiger partial charge on any atom is -0.382 e. The maximum Gasteiger partial charge on any atom is 0.0540 e. The lowest BCUT2D eigenvalue weighted by molar-refractivity contribution is 0.115. The molecule has 0 saturated carbocycles. The molecule has 0 aliphatic carbocycles. The van der Waals surface area contributed by atoms with E-state index in [0.717, 1.165) is 6.42 Å². The van der Waals surface area contributed by atoms with Gasteiger partial charge >= 0.3 is 0 Å². The molecule has 0 fully saturated rings. The molecule has 0 radical (unpaired) electrons. The summed E-state index contributed by atoms with van der Waals surface area (Å²) in [5.74, 6) is 0. The highest BCUT2D eigenvalue weighted by Gasteiger charge is 1.88. The first kappa shape index (κ1) is 11.7. The second-order valence-electron chi connectivity index (χ2n) is 1.95. The van der Waals surface area contributed by atoms with E-state index in [4.69, 9.17) is 4.74 Å². The molecule has 0 aliphatic rings. The summed E-state index contributed by atoms with van der Waals surface area (Å²) in [7, 11) is 5.48. The van der Waals surface area contributed by atoms with Crippen molar-refractivity contribution in [3.05, 3.63) is 0 Å². The largest absolute Gasteiger partial charge is 0.382 e. The summed E-state index contributed by atoms with van der Waals surface area (Å²) in [4.78, 5) is 0. The summed E-state index contributed by atoms with van der Waals surface area (Å²) in [6.45, 7) is 4.16. The molecule has 0 aromatic heterocycles. The lowest BCUT2D eigenvalue weighted by atomic mass is 10.3. The Labute approximate surface area is 58.6 Å². The monoisotopic (exact) mass is 133 g/mol. The van der Waals surface area contributed by atoms with Crippen molar-refractivity contribution in [1.82, 2.24) is 5.32 Å². The summed E-state index contributed by atoms with van der Waals surface area (Å²) in [5.41, 5.74) is 0. The van der Waals surface area contributed by atoms with Crippen molar-refractivity contribution in [3.63, 3.8) is 0 Å². The average Bonchev–Trinajstić information content (AvgIpc) is 1.88. The third-order valence-corrected chi connectivity index (χ3v) is 0.977. The Morgan fingerprint density at radius 1 is 1.44 bits per heavy atom. The molecule has 0 spiro atoms. The molecule has 2 heteroatoms. The number of hydrogen-bond acceptors (Lipinski definition) is 2. The van der Waals surface area contributed by atoms with Gasteiger partial charge in [-0.3, -0.25) is 0 Å². The molecule has 0 saturated heterocycles. The van der Waals surface area contributed by atoms with E-state index in [2.05, 4.69) is 19.2 Å². The van der Waals surface area contributed by atoms with Crippen LogP contribution in [0.4, 0.5) is 0 Å². The van der Waals surface area contributed by atoms with E-state index in [-0.39, 0.29) is 0 Å². The molecule has 0 bridgehead atoms. The fourth-order valence-electron chi connectivity index (χ4n) is 0.167. The smallest absolute Gasteiger partial charge is 0.0540 e. The fraction of sp³-hybridized carbons (Fsp3) is 1.00. The Morgan fingerprint density at radius 3 is 1.78 bits per heavy atom. The van der Waals surface area contributed by atoms with Gasteiger partial charge in [0.2, 0.25) is 0 Å². The van der Waals surface area contributed by atoms with Crippen molar-refractivity contribution in [2.75, 3.05) is 21.2 Å². The van der Waals surface area contributed by atoms with Crippen LogP contribution in [0.3, 0.4) is 0 Å². The standard InChI is InChI=1S/C5H12O.C2H7N/c1-4-5(2)6-3;1-3-2/h5H,4H2,1-3H3;3H,1-2H3. The summed E-state index contributed by atoms with van der Waals surface area (Å²) < 4.78 is 4.90. The lowest BCUT2D eigenvalue weighted by Crippen LogP contribution is -2.00. The average molecular weight is 133 g/mol. The van der Waals surface area contributed by atoms with Gasteiger partial charge in [-0.2, -0.15) is 0 Å². The van der Waals surface area contributed by atoms with Gasteiger partial charge in [0.25, 0.3) is 0 Å². The first-order valence-electron chi connectivity index (χ1n) is 3.34. The first-order valence-corrected chi connectivity index (χ1v) is 3.34. The number of rotatable bonds is 2. The third kappa shape index (κ3) is 18.1. The van der Waals surface area contributed by atoms with Gasteiger partial charge in [-0.05, 0) is 27.4 Å². The van der Waals surface area contributed by atoms with Gasteiger partial charge in [-0.15, -0.1) is 0 Å². The lowest BCUT2D eigenvalue weighted by Gasteiger charge is -2.01. The van der Waals surface area contributed by atoms with E-state index >= 15 is 0 Å². The molecule has 0 rings (SSSR count). The van der Waals surface area contributed by atoms with Crippen molar-refractivity contribution in [2.24, 2.45) is 0 Å².